The summed E-state index contributed by atoms with van der Waals surface area (Å²) in [7, 11) is 0. The van der Waals surface area contributed by atoms with Gasteiger partial charge in [0.25, 0.3) is 0 Å². The van der Waals surface area contributed by atoms with Crippen LogP contribution < -0.4 is 5.32 Å². The van der Waals surface area contributed by atoms with E-state index in [9.17, 15) is 8.78 Å². The van der Waals surface area contributed by atoms with Crippen LogP contribution in [0, 0.1) is 5.92 Å². The van der Waals surface area contributed by atoms with Crippen LogP contribution in [-0.4, -0.2) is 18.0 Å². The van der Waals surface area contributed by atoms with Gasteiger partial charge in [0.1, 0.15) is 0 Å². The maximum absolute atomic E-state index is 12.4. The fourth-order valence-electron chi connectivity index (χ4n) is 1.38. The molecule has 72 valence electrons. The van der Waals surface area contributed by atoms with Gasteiger partial charge in [-0.05, 0) is 33.2 Å². The van der Waals surface area contributed by atoms with Gasteiger partial charge in [-0.2, -0.15) is 0 Å². The maximum atomic E-state index is 12.4. The predicted molar refractivity (Wildman–Crippen MR) is 45.4 cm³/mol. The summed E-state index contributed by atoms with van der Waals surface area (Å²) >= 11 is 0. The van der Waals surface area contributed by atoms with Gasteiger partial charge in [0, 0.05) is 18.4 Å². The van der Waals surface area contributed by atoms with Gasteiger partial charge in [-0.15, -0.1) is 0 Å². The average Bonchev–Trinajstić information content (AvgIpc) is 1.76. The molecule has 0 bridgehead atoms. The first-order valence-electron chi connectivity index (χ1n) is 4.41. The summed E-state index contributed by atoms with van der Waals surface area (Å²) in [5.74, 6) is -2.19. The van der Waals surface area contributed by atoms with Gasteiger partial charge in [0.15, 0.2) is 0 Å². The van der Waals surface area contributed by atoms with Crippen LogP contribution in [0.4, 0.5) is 8.78 Å². The molecule has 0 aromatic rings. The van der Waals surface area contributed by atoms with Crippen molar-refractivity contribution in [2.45, 2.75) is 45.1 Å². The Hall–Kier alpha value is -0.180. The molecule has 12 heavy (non-hydrogen) atoms. The summed E-state index contributed by atoms with van der Waals surface area (Å²) in [5.41, 5.74) is 0.0465. The van der Waals surface area contributed by atoms with Crippen LogP contribution >= 0.6 is 0 Å². The Balaban J connectivity index is 2.12. The lowest BCUT2D eigenvalue weighted by Gasteiger charge is -2.36. The minimum absolute atomic E-state index is 0.0465. The average molecular weight is 177 g/mol. The standard InChI is InChI=1S/C9H17F2N/c1-8(2,3)12-6-7-4-9(10,11)5-7/h7,12H,4-6H2,1-3H3. The molecule has 1 aliphatic carbocycles. The number of hydrogen-bond acceptors (Lipinski definition) is 1. The first-order valence-corrected chi connectivity index (χ1v) is 4.41. The molecule has 0 amide bonds. The molecular formula is C9H17F2N. The van der Waals surface area contributed by atoms with E-state index < -0.39 is 5.92 Å². The van der Waals surface area contributed by atoms with E-state index in [2.05, 4.69) is 5.32 Å². The van der Waals surface area contributed by atoms with Gasteiger partial charge >= 0.3 is 0 Å². The highest BCUT2D eigenvalue weighted by Crippen LogP contribution is 2.41. The highest BCUT2D eigenvalue weighted by molar-refractivity contribution is 4.88. The topological polar surface area (TPSA) is 12.0 Å². The molecule has 1 fully saturated rings. The summed E-state index contributed by atoms with van der Waals surface area (Å²) in [6.45, 7) is 6.86. The normalized spacial score (nSPS) is 23.8. The van der Waals surface area contributed by atoms with E-state index in [1.807, 2.05) is 20.8 Å². The van der Waals surface area contributed by atoms with Crippen molar-refractivity contribution in [3.05, 3.63) is 0 Å². The van der Waals surface area contributed by atoms with Crippen molar-refractivity contribution in [2.75, 3.05) is 6.54 Å². The van der Waals surface area contributed by atoms with Crippen LogP contribution in [0.15, 0.2) is 0 Å². The molecule has 1 nitrogen and oxygen atoms in total. The predicted octanol–water partition coefficient (Wildman–Crippen LogP) is 2.42. The lowest BCUT2D eigenvalue weighted by molar-refractivity contribution is -0.110. The van der Waals surface area contributed by atoms with E-state index in [-0.39, 0.29) is 24.3 Å². The van der Waals surface area contributed by atoms with Crippen molar-refractivity contribution in [2.24, 2.45) is 5.92 Å². The highest BCUT2D eigenvalue weighted by Gasteiger charge is 2.44. The van der Waals surface area contributed by atoms with Crippen molar-refractivity contribution in [1.29, 1.82) is 0 Å². The first kappa shape index (κ1) is 9.90. The third-order valence-corrected chi connectivity index (χ3v) is 2.10. The first-order chi connectivity index (χ1) is 5.29. The summed E-state index contributed by atoms with van der Waals surface area (Å²) in [6.07, 6.45) is 0.131. The molecule has 1 aliphatic rings. The van der Waals surface area contributed by atoms with Crippen LogP contribution in [-0.2, 0) is 0 Å². The Morgan fingerprint density at radius 1 is 1.33 bits per heavy atom. The van der Waals surface area contributed by atoms with Crippen LogP contribution in [0.1, 0.15) is 33.6 Å². The van der Waals surface area contributed by atoms with Crippen molar-refractivity contribution < 1.29 is 8.78 Å². The Kier molecular flexibility index (Phi) is 2.43. The smallest absolute Gasteiger partial charge is 0.248 e. The van der Waals surface area contributed by atoms with Gasteiger partial charge in [-0.3, -0.25) is 0 Å². The van der Waals surface area contributed by atoms with Crippen molar-refractivity contribution in [3.8, 4) is 0 Å². The minimum atomic E-state index is -2.37. The molecular weight excluding hydrogens is 160 g/mol. The lowest BCUT2D eigenvalue weighted by Crippen LogP contribution is -2.46. The zero-order valence-electron chi connectivity index (χ0n) is 7.95. The molecule has 0 saturated heterocycles. The van der Waals surface area contributed by atoms with Crippen molar-refractivity contribution in [1.82, 2.24) is 5.32 Å². The van der Waals surface area contributed by atoms with Gasteiger partial charge in [-0.25, -0.2) is 8.78 Å². The zero-order valence-corrected chi connectivity index (χ0v) is 7.95. The zero-order chi connectivity index (χ0) is 9.41. The van der Waals surface area contributed by atoms with E-state index in [0.29, 0.717) is 0 Å². The van der Waals surface area contributed by atoms with Crippen LogP contribution in [0.25, 0.3) is 0 Å². The Labute approximate surface area is 72.5 Å². The Morgan fingerprint density at radius 3 is 2.17 bits per heavy atom. The third-order valence-electron chi connectivity index (χ3n) is 2.10. The second-order valence-corrected chi connectivity index (χ2v) is 4.76. The highest BCUT2D eigenvalue weighted by atomic mass is 19.3. The van der Waals surface area contributed by atoms with E-state index >= 15 is 0 Å². The number of hydrogen-bond donors (Lipinski definition) is 1. The van der Waals surface area contributed by atoms with E-state index in [1.54, 1.807) is 0 Å². The van der Waals surface area contributed by atoms with Crippen LogP contribution in [0.2, 0.25) is 0 Å². The largest absolute Gasteiger partial charge is 0.312 e. The second-order valence-electron chi connectivity index (χ2n) is 4.76. The molecule has 0 heterocycles. The summed E-state index contributed by atoms with van der Waals surface area (Å²) < 4.78 is 24.8. The monoisotopic (exact) mass is 177 g/mol. The number of halogens is 2. The van der Waals surface area contributed by atoms with Gasteiger partial charge in [0.05, 0.1) is 0 Å². The fourth-order valence-corrected chi connectivity index (χ4v) is 1.38. The van der Waals surface area contributed by atoms with E-state index in [0.717, 1.165) is 6.54 Å². The molecule has 0 aliphatic heterocycles. The Bertz CT molecular complexity index is 152. The Morgan fingerprint density at radius 2 is 1.83 bits per heavy atom. The third kappa shape index (κ3) is 3.05. The molecule has 0 aromatic heterocycles. The quantitative estimate of drug-likeness (QED) is 0.683. The molecule has 0 unspecified atom stereocenters. The second kappa shape index (κ2) is 2.95. The van der Waals surface area contributed by atoms with Crippen LogP contribution in [0.5, 0.6) is 0 Å². The van der Waals surface area contributed by atoms with Crippen molar-refractivity contribution in [3.63, 3.8) is 0 Å². The summed E-state index contributed by atoms with van der Waals surface area (Å²) in [4.78, 5) is 0. The molecule has 0 radical (unpaired) electrons. The molecule has 0 atom stereocenters. The molecule has 1 saturated carbocycles. The van der Waals surface area contributed by atoms with E-state index in [1.165, 1.54) is 0 Å². The summed E-state index contributed by atoms with van der Waals surface area (Å²) in [6, 6.07) is 0. The van der Waals surface area contributed by atoms with Gasteiger partial charge in [0.2, 0.25) is 5.92 Å². The number of rotatable bonds is 2. The number of alkyl halides is 2. The molecule has 1 N–H and O–H groups in total. The lowest BCUT2D eigenvalue weighted by atomic mass is 9.81. The fraction of sp³-hybridized carbons (Fsp3) is 1.00. The van der Waals surface area contributed by atoms with Crippen LogP contribution in [0.3, 0.4) is 0 Å². The maximum Gasteiger partial charge on any atom is 0.248 e. The molecule has 1 rings (SSSR count). The van der Waals surface area contributed by atoms with Gasteiger partial charge in [-0.1, -0.05) is 0 Å². The van der Waals surface area contributed by atoms with Crippen molar-refractivity contribution >= 4 is 0 Å². The summed E-state index contributed by atoms with van der Waals surface area (Å²) in [5, 5.41) is 3.23. The van der Waals surface area contributed by atoms with Gasteiger partial charge < -0.3 is 5.32 Å². The molecule has 0 spiro atoms. The molecule has 3 heteroatoms. The molecule has 0 aromatic carbocycles. The SMILES string of the molecule is CC(C)(C)NCC1CC(F)(F)C1. The van der Waals surface area contributed by atoms with E-state index in [4.69, 9.17) is 0 Å². The minimum Gasteiger partial charge on any atom is -0.312 e. The number of nitrogens with one attached hydrogen (secondary N) is 1.